The molecule has 1 fully saturated rings. The molecule has 0 aromatic carbocycles. The number of likely N-dealkylation sites (tertiary alicyclic amines) is 1. The molecule has 23 heavy (non-hydrogen) atoms. The summed E-state index contributed by atoms with van der Waals surface area (Å²) in [5.41, 5.74) is 5.07. The molecular weight excluding hydrogens is 288 g/mol. The Hall–Kier alpha value is -1.62. The molecule has 0 spiro atoms. The van der Waals surface area contributed by atoms with Crippen molar-refractivity contribution in [3.63, 3.8) is 0 Å². The number of hydrogen-bond acceptors (Lipinski definition) is 4. The van der Waals surface area contributed by atoms with Crippen LogP contribution in [0.3, 0.4) is 0 Å². The monoisotopic (exact) mass is 314 g/mol. The highest BCUT2D eigenvalue weighted by atomic mass is 16.5. The fourth-order valence-corrected chi connectivity index (χ4v) is 4.08. The zero-order valence-electron chi connectivity index (χ0n) is 14.2. The van der Waals surface area contributed by atoms with Crippen LogP contribution in [-0.2, 0) is 25.8 Å². The van der Waals surface area contributed by atoms with Crippen molar-refractivity contribution >= 4 is 0 Å². The van der Waals surface area contributed by atoms with Crippen molar-refractivity contribution in [1.29, 1.82) is 0 Å². The average Bonchev–Trinajstić information content (AvgIpc) is 3.26. The molecule has 0 bridgehead atoms. The van der Waals surface area contributed by atoms with Crippen molar-refractivity contribution in [3.8, 4) is 0 Å². The zero-order chi connectivity index (χ0) is 15.8. The number of imidazole rings is 1. The van der Waals surface area contributed by atoms with Gasteiger partial charge in [0.2, 0.25) is 0 Å². The molecule has 1 saturated heterocycles. The maximum absolute atomic E-state index is 5.40. The largest absolute Gasteiger partial charge is 0.361 e. The van der Waals surface area contributed by atoms with E-state index in [1.54, 1.807) is 0 Å². The molecule has 5 heteroatoms. The van der Waals surface area contributed by atoms with Gasteiger partial charge in [-0.1, -0.05) is 12.1 Å². The molecule has 1 aliphatic carbocycles. The highest BCUT2D eigenvalue weighted by Gasteiger charge is 2.31. The van der Waals surface area contributed by atoms with Crippen molar-refractivity contribution in [1.82, 2.24) is 20.0 Å². The predicted octanol–water partition coefficient (Wildman–Crippen LogP) is 3.48. The smallest absolute Gasteiger partial charge is 0.138 e. The Balaban J connectivity index is 1.57. The Kier molecular flexibility index (Phi) is 3.97. The Labute approximate surface area is 137 Å². The van der Waals surface area contributed by atoms with E-state index in [0.29, 0.717) is 6.04 Å². The maximum atomic E-state index is 5.40. The van der Waals surface area contributed by atoms with Crippen LogP contribution in [0, 0.1) is 6.92 Å². The van der Waals surface area contributed by atoms with Crippen LogP contribution in [0.4, 0.5) is 0 Å². The van der Waals surface area contributed by atoms with Gasteiger partial charge in [0.05, 0.1) is 17.4 Å². The summed E-state index contributed by atoms with van der Waals surface area (Å²) in [6.45, 7) is 6.22. The Morgan fingerprint density at radius 1 is 1.26 bits per heavy atom. The number of nitrogens with one attached hydrogen (secondary N) is 1. The summed E-state index contributed by atoms with van der Waals surface area (Å²) in [6.07, 6.45) is 8.25. The van der Waals surface area contributed by atoms with Crippen molar-refractivity contribution in [3.05, 3.63) is 34.2 Å². The molecule has 2 aromatic rings. The van der Waals surface area contributed by atoms with Crippen LogP contribution in [0.25, 0.3) is 0 Å². The van der Waals surface area contributed by atoms with Crippen molar-refractivity contribution < 1.29 is 4.52 Å². The van der Waals surface area contributed by atoms with E-state index in [-0.39, 0.29) is 0 Å². The lowest BCUT2D eigenvalue weighted by Gasteiger charge is -2.22. The van der Waals surface area contributed by atoms with Crippen molar-refractivity contribution in [2.45, 2.75) is 71.4 Å². The molecule has 2 aromatic heterocycles. The minimum Gasteiger partial charge on any atom is -0.361 e. The molecule has 124 valence electrons. The predicted molar refractivity (Wildman–Crippen MR) is 88.2 cm³/mol. The lowest BCUT2D eigenvalue weighted by molar-refractivity contribution is 0.238. The number of fused-ring (bicyclic) bond motifs is 1. The van der Waals surface area contributed by atoms with Crippen LogP contribution in [0.1, 0.15) is 72.9 Å². The van der Waals surface area contributed by atoms with Crippen LogP contribution in [0.2, 0.25) is 0 Å². The summed E-state index contributed by atoms with van der Waals surface area (Å²) in [7, 11) is 0. The zero-order valence-corrected chi connectivity index (χ0v) is 14.2. The van der Waals surface area contributed by atoms with E-state index in [1.807, 2.05) is 6.92 Å². The standard InChI is InChI=1S/C18H26N4O/c1-3-14-13(12(2)23-21-14)11-22-10-6-9-17(22)18-19-15-7-4-5-8-16(15)20-18/h17H,3-11H2,1-2H3,(H,19,20). The maximum Gasteiger partial charge on any atom is 0.138 e. The van der Waals surface area contributed by atoms with Gasteiger partial charge >= 0.3 is 0 Å². The third-order valence-electron chi connectivity index (χ3n) is 5.41. The summed E-state index contributed by atoms with van der Waals surface area (Å²) < 4.78 is 5.40. The van der Waals surface area contributed by atoms with E-state index in [0.717, 1.165) is 37.4 Å². The molecule has 5 nitrogen and oxygen atoms in total. The van der Waals surface area contributed by atoms with Gasteiger partial charge in [0.1, 0.15) is 11.6 Å². The van der Waals surface area contributed by atoms with Crippen LogP contribution < -0.4 is 0 Å². The summed E-state index contributed by atoms with van der Waals surface area (Å²) in [6, 6.07) is 0.416. The first-order valence-corrected chi connectivity index (χ1v) is 9.02. The molecule has 3 heterocycles. The van der Waals surface area contributed by atoms with E-state index < -0.39 is 0 Å². The van der Waals surface area contributed by atoms with Crippen molar-refractivity contribution in [2.75, 3.05) is 6.54 Å². The van der Waals surface area contributed by atoms with Gasteiger partial charge in [-0.25, -0.2) is 4.98 Å². The van der Waals surface area contributed by atoms with E-state index in [1.165, 1.54) is 54.9 Å². The van der Waals surface area contributed by atoms with Crippen LogP contribution in [0.15, 0.2) is 4.52 Å². The summed E-state index contributed by atoms with van der Waals surface area (Å²) in [4.78, 5) is 11.1. The molecule has 1 atom stereocenters. The number of aromatic nitrogens is 3. The number of rotatable bonds is 4. The summed E-state index contributed by atoms with van der Waals surface area (Å²) >= 11 is 0. The third-order valence-corrected chi connectivity index (χ3v) is 5.41. The van der Waals surface area contributed by atoms with Crippen LogP contribution in [0.5, 0.6) is 0 Å². The first-order valence-electron chi connectivity index (χ1n) is 9.02. The van der Waals surface area contributed by atoms with Gasteiger partial charge in [-0.2, -0.15) is 0 Å². The minimum atomic E-state index is 0.416. The van der Waals surface area contributed by atoms with E-state index in [9.17, 15) is 0 Å². The van der Waals surface area contributed by atoms with Gasteiger partial charge in [-0.3, -0.25) is 4.90 Å². The number of nitrogens with zero attached hydrogens (tertiary/aromatic N) is 3. The minimum absolute atomic E-state index is 0.416. The van der Waals surface area contributed by atoms with Gasteiger partial charge in [0, 0.05) is 17.8 Å². The fourth-order valence-electron chi connectivity index (χ4n) is 4.08. The highest BCUT2D eigenvalue weighted by Crippen LogP contribution is 2.34. The van der Waals surface area contributed by atoms with Crippen molar-refractivity contribution in [2.24, 2.45) is 0 Å². The van der Waals surface area contributed by atoms with Gasteiger partial charge in [-0.05, 0) is 58.4 Å². The Morgan fingerprint density at radius 3 is 2.96 bits per heavy atom. The molecule has 4 rings (SSSR count). The number of H-pyrrole nitrogens is 1. The first kappa shape index (κ1) is 14.9. The molecule has 0 radical (unpaired) electrons. The van der Waals surface area contributed by atoms with Crippen LogP contribution in [-0.4, -0.2) is 26.6 Å². The van der Waals surface area contributed by atoms with E-state index >= 15 is 0 Å². The summed E-state index contributed by atoms with van der Waals surface area (Å²) in [5.74, 6) is 2.15. The SMILES string of the molecule is CCc1noc(C)c1CN1CCCC1c1nc2c([nH]1)CCCC2. The Bertz CT molecular complexity index is 664. The lowest BCUT2D eigenvalue weighted by atomic mass is 10.0. The third kappa shape index (κ3) is 2.71. The van der Waals surface area contributed by atoms with E-state index in [2.05, 4.69) is 22.0 Å². The normalized spacial score (nSPS) is 21.7. The Morgan fingerprint density at radius 2 is 2.13 bits per heavy atom. The molecule has 1 N–H and O–H groups in total. The van der Waals surface area contributed by atoms with Gasteiger partial charge in [0.25, 0.3) is 0 Å². The molecule has 1 aliphatic heterocycles. The fraction of sp³-hybridized carbons (Fsp3) is 0.667. The van der Waals surface area contributed by atoms with E-state index in [4.69, 9.17) is 9.51 Å². The topological polar surface area (TPSA) is 58.0 Å². The second-order valence-corrected chi connectivity index (χ2v) is 6.90. The molecule has 0 amide bonds. The second kappa shape index (κ2) is 6.11. The number of hydrogen-bond donors (Lipinski definition) is 1. The van der Waals surface area contributed by atoms with Gasteiger partial charge < -0.3 is 9.51 Å². The highest BCUT2D eigenvalue weighted by molar-refractivity contribution is 5.23. The van der Waals surface area contributed by atoms with Gasteiger partial charge in [0.15, 0.2) is 0 Å². The molecule has 1 unspecified atom stereocenters. The first-order chi connectivity index (χ1) is 11.3. The summed E-state index contributed by atoms with van der Waals surface area (Å²) in [5, 5.41) is 4.20. The van der Waals surface area contributed by atoms with Gasteiger partial charge in [-0.15, -0.1) is 0 Å². The lowest BCUT2D eigenvalue weighted by Crippen LogP contribution is -2.24. The average molecular weight is 314 g/mol. The quantitative estimate of drug-likeness (QED) is 0.938. The van der Waals surface area contributed by atoms with Crippen LogP contribution >= 0.6 is 0 Å². The molecular formula is C18H26N4O. The second-order valence-electron chi connectivity index (χ2n) is 6.90. The molecule has 2 aliphatic rings. The molecule has 0 saturated carbocycles. The number of aryl methyl sites for hydroxylation is 4. The number of aromatic amines is 1.